The highest BCUT2D eigenvalue weighted by atomic mass is 32.1. The maximum absolute atomic E-state index is 5.65. The van der Waals surface area contributed by atoms with Gasteiger partial charge in [0, 0.05) is 25.1 Å². The van der Waals surface area contributed by atoms with E-state index in [9.17, 15) is 0 Å². The van der Waals surface area contributed by atoms with Crippen molar-refractivity contribution in [1.82, 2.24) is 5.32 Å². The number of nitrogens with one attached hydrogen (secondary N) is 1. The molecule has 0 spiro atoms. The van der Waals surface area contributed by atoms with E-state index in [0.29, 0.717) is 6.54 Å². The van der Waals surface area contributed by atoms with Gasteiger partial charge in [0.2, 0.25) is 0 Å². The summed E-state index contributed by atoms with van der Waals surface area (Å²) in [5.41, 5.74) is 5.65. The number of rotatable bonds is 6. The molecule has 0 aliphatic rings. The lowest BCUT2D eigenvalue weighted by molar-refractivity contribution is 0.196. The molecule has 1 unspecified atom stereocenters. The first-order valence-electron chi connectivity index (χ1n) is 4.34. The molecule has 1 aromatic rings. The van der Waals surface area contributed by atoms with Crippen LogP contribution in [0.3, 0.4) is 0 Å². The molecular formula is C9H16N2OS. The summed E-state index contributed by atoms with van der Waals surface area (Å²) < 4.78 is 4.95. The molecule has 1 atom stereocenters. The van der Waals surface area contributed by atoms with Gasteiger partial charge in [0.05, 0.1) is 12.6 Å². The van der Waals surface area contributed by atoms with Crippen molar-refractivity contribution in [3.63, 3.8) is 0 Å². The highest BCUT2D eigenvalue weighted by Crippen LogP contribution is 2.17. The van der Waals surface area contributed by atoms with Gasteiger partial charge in [-0.3, -0.25) is 0 Å². The van der Waals surface area contributed by atoms with Crippen molar-refractivity contribution in [3.05, 3.63) is 22.4 Å². The van der Waals surface area contributed by atoms with Gasteiger partial charge in [-0.15, -0.1) is 11.3 Å². The lowest BCUT2D eigenvalue weighted by Gasteiger charge is -2.14. The van der Waals surface area contributed by atoms with Crippen LogP contribution in [0.2, 0.25) is 0 Å². The molecule has 0 radical (unpaired) electrons. The topological polar surface area (TPSA) is 47.3 Å². The molecule has 0 aliphatic heterocycles. The van der Waals surface area contributed by atoms with Gasteiger partial charge >= 0.3 is 0 Å². The Kier molecular flexibility index (Phi) is 5.00. The minimum Gasteiger partial charge on any atom is -0.383 e. The largest absolute Gasteiger partial charge is 0.383 e. The van der Waals surface area contributed by atoms with E-state index in [-0.39, 0.29) is 6.04 Å². The zero-order chi connectivity index (χ0) is 9.52. The molecule has 0 aliphatic carbocycles. The molecule has 0 amide bonds. The Morgan fingerprint density at radius 2 is 2.54 bits per heavy atom. The number of thiophene rings is 1. The Balaban J connectivity index is 2.35. The van der Waals surface area contributed by atoms with Crippen LogP contribution in [0.5, 0.6) is 0 Å². The van der Waals surface area contributed by atoms with Crippen LogP contribution in [0.1, 0.15) is 10.9 Å². The molecule has 3 N–H and O–H groups in total. The molecule has 0 fully saturated rings. The van der Waals surface area contributed by atoms with Crippen molar-refractivity contribution in [3.8, 4) is 0 Å². The number of hydrogen-bond donors (Lipinski definition) is 2. The average Bonchev–Trinajstić information content (AvgIpc) is 2.65. The van der Waals surface area contributed by atoms with Crippen LogP contribution < -0.4 is 11.1 Å². The van der Waals surface area contributed by atoms with Crippen LogP contribution in [-0.2, 0) is 4.74 Å². The van der Waals surface area contributed by atoms with Crippen molar-refractivity contribution < 1.29 is 4.74 Å². The summed E-state index contributed by atoms with van der Waals surface area (Å²) in [5.74, 6) is 0. The van der Waals surface area contributed by atoms with Gasteiger partial charge in [-0.1, -0.05) is 6.07 Å². The van der Waals surface area contributed by atoms with Crippen molar-refractivity contribution in [1.29, 1.82) is 0 Å². The van der Waals surface area contributed by atoms with Crippen molar-refractivity contribution in [2.75, 3.05) is 26.8 Å². The fourth-order valence-electron chi connectivity index (χ4n) is 1.12. The van der Waals surface area contributed by atoms with Gasteiger partial charge in [-0.2, -0.15) is 0 Å². The van der Waals surface area contributed by atoms with Gasteiger partial charge in [0.15, 0.2) is 0 Å². The number of ether oxygens (including phenoxy) is 1. The Hall–Kier alpha value is -0.420. The molecule has 0 aromatic carbocycles. The summed E-state index contributed by atoms with van der Waals surface area (Å²) in [6.45, 7) is 2.20. The van der Waals surface area contributed by atoms with E-state index in [1.165, 1.54) is 4.88 Å². The molecule has 1 rings (SSSR count). The molecule has 0 bridgehead atoms. The molecule has 0 saturated carbocycles. The molecule has 1 heterocycles. The van der Waals surface area contributed by atoms with Crippen molar-refractivity contribution in [2.24, 2.45) is 5.73 Å². The minimum absolute atomic E-state index is 0.273. The minimum atomic E-state index is 0.273. The number of methoxy groups -OCH3 is 1. The third-order valence-electron chi connectivity index (χ3n) is 1.82. The second-order valence-electron chi connectivity index (χ2n) is 2.75. The Morgan fingerprint density at radius 1 is 1.69 bits per heavy atom. The summed E-state index contributed by atoms with van der Waals surface area (Å²) >= 11 is 1.73. The van der Waals surface area contributed by atoms with E-state index >= 15 is 0 Å². The molecule has 13 heavy (non-hydrogen) atoms. The smallest absolute Gasteiger partial charge is 0.0587 e. The first kappa shape index (κ1) is 10.7. The average molecular weight is 200 g/mol. The van der Waals surface area contributed by atoms with Crippen LogP contribution in [0, 0.1) is 0 Å². The Morgan fingerprint density at radius 3 is 3.08 bits per heavy atom. The summed E-state index contributed by atoms with van der Waals surface area (Å²) in [4.78, 5) is 1.29. The molecule has 3 nitrogen and oxygen atoms in total. The van der Waals surface area contributed by atoms with Crippen LogP contribution >= 0.6 is 11.3 Å². The maximum Gasteiger partial charge on any atom is 0.0587 e. The maximum atomic E-state index is 5.65. The molecular weight excluding hydrogens is 184 g/mol. The number of hydrogen-bond acceptors (Lipinski definition) is 4. The fraction of sp³-hybridized carbons (Fsp3) is 0.556. The summed E-state index contributed by atoms with van der Waals surface area (Å²) in [7, 11) is 1.70. The highest BCUT2D eigenvalue weighted by molar-refractivity contribution is 7.10. The summed E-state index contributed by atoms with van der Waals surface area (Å²) in [5, 5.41) is 5.40. The molecule has 0 saturated heterocycles. The van der Waals surface area contributed by atoms with E-state index in [0.717, 1.165) is 13.2 Å². The van der Waals surface area contributed by atoms with Crippen molar-refractivity contribution in [2.45, 2.75) is 6.04 Å². The monoisotopic (exact) mass is 200 g/mol. The van der Waals surface area contributed by atoms with E-state index in [4.69, 9.17) is 10.5 Å². The Bertz CT molecular complexity index is 213. The lowest BCUT2D eigenvalue weighted by Crippen LogP contribution is -2.30. The summed E-state index contributed by atoms with van der Waals surface area (Å²) in [6, 6.07) is 4.41. The molecule has 4 heteroatoms. The van der Waals surface area contributed by atoms with Gasteiger partial charge in [0.25, 0.3) is 0 Å². The second kappa shape index (κ2) is 6.10. The third-order valence-corrected chi connectivity index (χ3v) is 2.81. The normalized spacial score (nSPS) is 13.1. The third kappa shape index (κ3) is 3.44. The van der Waals surface area contributed by atoms with Crippen molar-refractivity contribution >= 4 is 11.3 Å². The van der Waals surface area contributed by atoms with Crippen LogP contribution in [0.4, 0.5) is 0 Å². The number of nitrogens with two attached hydrogens (primary N) is 1. The fourth-order valence-corrected chi connectivity index (χ4v) is 1.94. The molecule has 74 valence electrons. The predicted octanol–water partition coefficient (Wildman–Crippen LogP) is 0.984. The van der Waals surface area contributed by atoms with Gasteiger partial charge in [-0.25, -0.2) is 0 Å². The van der Waals surface area contributed by atoms with E-state index in [1.54, 1.807) is 18.4 Å². The molecule has 1 aromatic heterocycles. The second-order valence-corrected chi connectivity index (χ2v) is 3.73. The highest BCUT2D eigenvalue weighted by Gasteiger charge is 2.08. The zero-order valence-corrected chi connectivity index (χ0v) is 8.64. The van der Waals surface area contributed by atoms with Gasteiger partial charge < -0.3 is 15.8 Å². The van der Waals surface area contributed by atoms with Crippen LogP contribution in [0.15, 0.2) is 17.5 Å². The van der Waals surface area contributed by atoms with E-state index in [2.05, 4.69) is 16.8 Å². The first-order valence-corrected chi connectivity index (χ1v) is 5.22. The van der Waals surface area contributed by atoms with E-state index in [1.807, 2.05) is 6.07 Å². The Labute approximate surface area is 82.9 Å². The van der Waals surface area contributed by atoms with Crippen LogP contribution in [0.25, 0.3) is 0 Å². The predicted molar refractivity (Wildman–Crippen MR) is 56.0 cm³/mol. The lowest BCUT2D eigenvalue weighted by atomic mass is 10.2. The van der Waals surface area contributed by atoms with Crippen LogP contribution in [-0.4, -0.2) is 26.8 Å². The zero-order valence-electron chi connectivity index (χ0n) is 7.82. The standard InChI is InChI=1S/C9H16N2OS/c1-12-5-4-11-8(7-10)9-3-2-6-13-9/h2-3,6,8,11H,4-5,7,10H2,1H3. The quantitative estimate of drug-likeness (QED) is 0.673. The summed E-state index contributed by atoms with van der Waals surface area (Å²) in [6.07, 6.45) is 0. The first-order chi connectivity index (χ1) is 6.38. The SMILES string of the molecule is COCCNC(CN)c1cccs1. The van der Waals surface area contributed by atoms with E-state index < -0.39 is 0 Å². The van der Waals surface area contributed by atoms with Gasteiger partial charge in [0.1, 0.15) is 0 Å². The van der Waals surface area contributed by atoms with Gasteiger partial charge in [-0.05, 0) is 11.4 Å².